The van der Waals surface area contributed by atoms with Crippen molar-refractivity contribution in [1.82, 2.24) is 19.6 Å². The van der Waals surface area contributed by atoms with Gasteiger partial charge < -0.3 is 4.74 Å². The van der Waals surface area contributed by atoms with Crippen LogP contribution >= 0.6 is 22.9 Å². The zero-order valence-corrected chi connectivity index (χ0v) is 17.0. The molecular weight excluding hydrogens is 394 g/mol. The Morgan fingerprint density at radius 2 is 2.11 bits per heavy atom. The van der Waals surface area contributed by atoms with Gasteiger partial charge in [-0.15, -0.1) is 5.10 Å². The smallest absolute Gasteiger partial charge is 0.274 e. The van der Waals surface area contributed by atoms with Gasteiger partial charge in [0.1, 0.15) is 16.1 Å². The van der Waals surface area contributed by atoms with E-state index in [0.29, 0.717) is 34.6 Å². The molecule has 4 rings (SSSR count). The minimum Gasteiger partial charge on any atom is -0.492 e. The van der Waals surface area contributed by atoms with Crippen molar-refractivity contribution < 1.29 is 9.53 Å². The molecule has 0 atom stereocenters. The summed E-state index contributed by atoms with van der Waals surface area (Å²) >= 11 is 2.53. The van der Waals surface area contributed by atoms with Crippen LogP contribution < -0.4 is 9.64 Å². The van der Waals surface area contributed by atoms with Crippen molar-refractivity contribution in [3.05, 3.63) is 58.9 Å². The van der Waals surface area contributed by atoms with Gasteiger partial charge >= 0.3 is 0 Å². The van der Waals surface area contributed by atoms with Gasteiger partial charge in [0.25, 0.3) is 5.91 Å². The number of aromatic nitrogens is 4. The number of carbonyl (C=O) groups is 1. The molecule has 7 nitrogen and oxygen atoms in total. The first kappa shape index (κ1) is 18.5. The Kier molecular flexibility index (Phi) is 5.27. The summed E-state index contributed by atoms with van der Waals surface area (Å²) in [7, 11) is 0. The Bertz CT molecular complexity index is 1110. The van der Waals surface area contributed by atoms with E-state index in [-0.39, 0.29) is 5.91 Å². The fraction of sp³-hybridized carbons (Fsp3) is 0.211. The number of hydrogen-bond donors (Lipinski definition) is 0. The molecule has 0 aliphatic carbocycles. The topological polar surface area (TPSA) is 81.1 Å². The summed E-state index contributed by atoms with van der Waals surface area (Å²) in [6, 6.07) is 11.4. The lowest BCUT2D eigenvalue weighted by atomic mass is 10.3. The van der Waals surface area contributed by atoms with E-state index in [2.05, 4.69) is 14.6 Å². The van der Waals surface area contributed by atoms with Crippen molar-refractivity contribution in [2.75, 3.05) is 11.5 Å². The molecule has 3 heterocycles. The number of anilines is 1. The van der Waals surface area contributed by atoms with Crippen LogP contribution in [0.25, 0.3) is 10.2 Å². The van der Waals surface area contributed by atoms with E-state index in [1.807, 2.05) is 43.3 Å². The number of rotatable bonds is 6. The monoisotopic (exact) mass is 411 g/mol. The summed E-state index contributed by atoms with van der Waals surface area (Å²) in [6.45, 7) is 4.57. The molecule has 1 aromatic carbocycles. The molecule has 0 saturated carbocycles. The van der Waals surface area contributed by atoms with E-state index in [0.717, 1.165) is 27.4 Å². The third kappa shape index (κ3) is 3.58. The predicted molar refractivity (Wildman–Crippen MR) is 110 cm³/mol. The maximum absolute atomic E-state index is 13.3. The lowest BCUT2D eigenvalue weighted by molar-refractivity contribution is 0.0988. The van der Waals surface area contributed by atoms with E-state index < -0.39 is 0 Å². The number of nitrogens with zero attached hydrogens (tertiary/aromatic N) is 5. The lowest BCUT2D eigenvalue weighted by Gasteiger charge is -2.18. The maximum atomic E-state index is 13.3. The van der Waals surface area contributed by atoms with Crippen LogP contribution in [0.15, 0.2) is 42.6 Å². The number of ether oxygens (including phenoxy) is 1. The van der Waals surface area contributed by atoms with E-state index in [4.69, 9.17) is 9.72 Å². The molecule has 142 valence electrons. The second-order valence-electron chi connectivity index (χ2n) is 5.93. The summed E-state index contributed by atoms with van der Waals surface area (Å²) < 4.78 is 10.5. The third-order valence-corrected chi connectivity index (χ3v) is 5.90. The number of thiazole rings is 1. The second kappa shape index (κ2) is 7.99. The molecular formula is C19H17N5O2S2. The number of hydrogen-bond acceptors (Lipinski definition) is 8. The van der Waals surface area contributed by atoms with Crippen molar-refractivity contribution in [3.63, 3.8) is 0 Å². The standard InChI is InChI=1S/C19H17N5O2S2/c1-3-26-14-8-6-9-15-16(14)21-19(27-15)24(11-13-7-4-5-10-20-13)18(25)17-12(2)22-23-28-17/h4-10H,3,11H2,1-2H3. The van der Waals surface area contributed by atoms with E-state index in [1.165, 1.54) is 11.3 Å². The molecule has 3 aromatic heterocycles. The van der Waals surface area contributed by atoms with Gasteiger partial charge in [-0.2, -0.15) is 0 Å². The SMILES string of the molecule is CCOc1cccc2sc(N(Cc3ccccn3)C(=O)c3snnc3C)nc12. The van der Waals surface area contributed by atoms with Crippen LogP contribution in [-0.4, -0.2) is 32.1 Å². The highest BCUT2D eigenvalue weighted by molar-refractivity contribution is 7.22. The first-order valence-corrected chi connectivity index (χ1v) is 10.3. The molecule has 0 N–H and O–H groups in total. The number of carbonyl (C=O) groups excluding carboxylic acids is 1. The number of amides is 1. The normalized spacial score (nSPS) is 10.9. The van der Waals surface area contributed by atoms with Crippen LogP contribution in [0.4, 0.5) is 5.13 Å². The highest BCUT2D eigenvalue weighted by atomic mass is 32.1. The molecule has 0 radical (unpaired) electrons. The molecule has 28 heavy (non-hydrogen) atoms. The van der Waals surface area contributed by atoms with Crippen molar-refractivity contribution in [1.29, 1.82) is 0 Å². The number of pyridine rings is 1. The van der Waals surface area contributed by atoms with Gasteiger partial charge in [0.2, 0.25) is 0 Å². The molecule has 0 aliphatic rings. The maximum Gasteiger partial charge on any atom is 0.274 e. The van der Waals surface area contributed by atoms with Crippen LogP contribution in [0.1, 0.15) is 28.0 Å². The van der Waals surface area contributed by atoms with Crippen molar-refractivity contribution in [3.8, 4) is 5.75 Å². The predicted octanol–water partition coefficient (Wildman–Crippen LogP) is 4.10. The summed E-state index contributed by atoms with van der Waals surface area (Å²) in [5, 5.41) is 4.56. The molecule has 0 aliphatic heterocycles. The molecule has 9 heteroatoms. The molecule has 0 spiro atoms. The second-order valence-corrected chi connectivity index (χ2v) is 7.70. The molecule has 0 saturated heterocycles. The largest absolute Gasteiger partial charge is 0.492 e. The highest BCUT2D eigenvalue weighted by Crippen LogP contribution is 2.35. The first-order chi connectivity index (χ1) is 13.7. The highest BCUT2D eigenvalue weighted by Gasteiger charge is 2.26. The van der Waals surface area contributed by atoms with Gasteiger partial charge in [0, 0.05) is 6.20 Å². The van der Waals surface area contributed by atoms with Gasteiger partial charge in [0.15, 0.2) is 5.13 Å². The summed E-state index contributed by atoms with van der Waals surface area (Å²) in [4.78, 5) is 24.5. The molecule has 1 amide bonds. The Balaban J connectivity index is 1.78. The van der Waals surface area contributed by atoms with Gasteiger partial charge in [0.05, 0.1) is 29.2 Å². The average Bonchev–Trinajstić information content (AvgIpc) is 3.33. The third-order valence-electron chi connectivity index (χ3n) is 4.04. The van der Waals surface area contributed by atoms with E-state index >= 15 is 0 Å². The minimum atomic E-state index is -0.185. The van der Waals surface area contributed by atoms with Crippen LogP contribution in [0.3, 0.4) is 0 Å². The first-order valence-electron chi connectivity index (χ1n) is 8.70. The molecule has 0 fully saturated rings. The molecule has 0 bridgehead atoms. The number of para-hydroxylation sites is 1. The minimum absolute atomic E-state index is 0.185. The number of benzene rings is 1. The number of aryl methyl sites for hydroxylation is 1. The Morgan fingerprint density at radius 3 is 2.82 bits per heavy atom. The van der Waals surface area contributed by atoms with Crippen molar-refractivity contribution in [2.45, 2.75) is 20.4 Å². The van der Waals surface area contributed by atoms with Crippen molar-refractivity contribution >= 4 is 44.1 Å². The van der Waals surface area contributed by atoms with Crippen molar-refractivity contribution in [2.24, 2.45) is 0 Å². The number of fused-ring (bicyclic) bond motifs is 1. The summed E-state index contributed by atoms with van der Waals surface area (Å²) in [6.07, 6.45) is 1.71. The Morgan fingerprint density at radius 1 is 1.21 bits per heavy atom. The van der Waals surface area contributed by atoms with Gasteiger partial charge in [-0.25, -0.2) is 4.98 Å². The zero-order chi connectivity index (χ0) is 19.5. The van der Waals surface area contributed by atoms with Crippen LogP contribution in [-0.2, 0) is 6.54 Å². The van der Waals surface area contributed by atoms with Gasteiger partial charge in [-0.1, -0.05) is 28.0 Å². The molecule has 0 unspecified atom stereocenters. The summed E-state index contributed by atoms with van der Waals surface area (Å²) in [5.74, 6) is 0.526. The fourth-order valence-corrected chi connectivity index (χ4v) is 4.32. The Hall–Kier alpha value is -2.91. The summed E-state index contributed by atoms with van der Waals surface area (Å²) in [5.41, 5.74) is 2.13. The fourth-order valence-electron chi connectivity index (χ4n) is 2.73. The van der Waals surface area contributed by atoms with Crippen LogP contribution in [0, 0.1) is 6.92 Å². The zero-order valence-electron chi connectivity index (χ0n) is 15.3. The van der Waals surface area contributed by atoms with E-state index in [9.17, 15) is 4.79 Å². The molecule has 4 aromatic rings. The van der Waals surface area contributed by atoms with Gasteiger partial charge in [-0.05, 0) is 49.6 Å². The van der Waals surface area contributed by atoms with E-state index in [1.54, 1.807) is 18.0 Å². The van der Waals surface area contributed by atoms with Crippen LogP contribution in [0.5, 0.6) is 5.75 Å². The van der Waals surface area contributed by atoms with Crippen LogP contribution in [0.2, 0.25) is 0 Å². The van der Waals surface area contributed by atoms with Gasteiger partial charge in [-0.3, -0.25) is 14.7 Å². The lowest BCUT2D eigenvalue weighted by Crippen LogP contribution is -2.30. The Labute approximate surface area is 169 Å². The average molecular weight is 412 g/mol. The quantitative estimate of drug-likeness (QED) is 0.475.